The molecule has 0 aliphatic carbocycles. The van der Waals surface area contributed by atoms with E-state index in [0.717, 1.165) is 6.07 Å². The number of benzene rings is 1. The lowest BCUT2D eigenvalue weighted by atomic mass is 10.3. The topological polar surface area (TPSA) is 17.8 Å². The largest absolute Gasteiger partial charge is 0.334 e. The van der Waals surface area contributed by atoms with Crippen LogP contribution in [0.5, 0.6) is 0 Å². The molecule has 2 rings (SSSR count). The first-order valence-electron chi connectivity index (χ1n) is 3.44. The fourth-order valence-electron chi connectivity index (χ4n) is 1.16. The Morgan fingerprint density at radius 2 is 2.08 bits per heavy atom. The lowest BCUT2D eigenvalue weighted by Gasteiger charge is -1.94. The van der Waals surface area contributed by atoms with Crippen molar-refractivity contribution in [1.82, 2.24) is 9.55 Å². The fraction of sp³-hybridized carbons (Fsp3) is 0.125. The zero-order chi connectivity index (χ0) is 8.72. The van der Waals surface area contributed by atoms with Gasteiger partial charge in [0.2, 0.25) is 0 Å². The molecule has 12 heavy (non-hydrogen) atoms. The zero-order valence-corrected chi connectivity index (χ0v) is 6.38. The summed E-state index contributed by atoms with van der Waals surface area (Å²) in [6.07, 6.45) is 1.45. The minimum absolute atomic E-state index is 0.207. The van der Waals surface area contributed by atoms with Crippen LogP contribution in [0.4, 0.5) is 8.78 Å². The van der Waals surface area contributed by atoms with Crippen molar-refractivity contribution in [3.63, 3.8) is 0 Å². The third-order valence-corrected chi connectivity index (χ3v) is 1.75. The predicted molar refractivity (Wildman–Crippen MR) is 40.6 cm³/mol. The van der Waals surface area contributed by atoms with Crippen LogP contribution in [0.15, 0.2) is 18.5 Å². The molecule has 0 amide bonds. The van der Waals surface area contributed by atoms with Crippen molar-refractivity contribution in [3.05, 3.63) is 30.1 Å². The monoisotopic (exact) mass is 168 g/mol. The third-order valence-electron chi connectivity index (χ3n) is 1.75. The number of hydrogen-bond donors (Lipinski definition) is 0. The number of fused-ring (bicyclic) bond motifs is 1. The molecule has 0 saturated heterocycles. The first-order valence-corrected chi connectivity index (χ1v) is 3.44. The van der Waals surface area contributed by atoms with Crippen LogP contribution in [0, 0.1) is 11.6 Å². The second-order valence-corrected chi connectivity index (χ2v) is 2.61. The normalized spacial score (nSPS) is 10.9. The Labute approximate surface area is 67.4 Å². The Hall–Kier alpha value is -1.45. The molecule has 0 saturated carbocycles. The Morgan fingerprint density at radius 1 is 1.33 bits per heavy atom. The maximum Gasteiger partial charge on any atom is 0.153 e. The second-order valence-electron chi connectivity index (χ2n) is 2.61. The average Bonchev–Trinajstić information content (AvgIpc) is 2.33. The molecule has 0 fully saturated rings. The molecule has 2 nitrogen and oxygen atoms in total. The van der Waals surface area contributed by atoms with E-state index < -0.39 is 11.6 Å². The Kier molecular flexibility index (Phi) is 1.36. The minimum atomic E-state index is -0.620. The summed E-state index contributed by atoms with van der Waals surface area (Å²) in [7, 11) is 1.69. The summed E-state index contributed by atoms with van der Waals surface area (Å²) in [5.74, 6) is -1.20. The lowest BCUT2D eigenvalue weighted by molar-refractivity contribution is 0.590. The summed E-state index contributed by atoms with van der Waals surface area (Å²) in [5, 5.41) is 0. The third kappa shape index (κ3) is 0.879. The van der Waals surface area contributed by atoms with Crippen molar-refractivity contribution >= 4 is 11.0 Å². The summed E-state index contributed by atoms with van der Waals surface area (Å²) in [6, 6.07) is 2.08. The van der Waals surface area contributed by atoms with Gasteiger partial charge in [0.1, 0.15) is 11.3 Å². The molecule has 0 unspecified atom stereocenters. The van der Waals surface area contributed by atoms with Gasteiger partial charge >= 0.3 is 0 Å². The molecule has 1 aromatic carbocycles. The summed E-state index contributed by atoms with van der Waals surface area (Å²) in [4.78, 5) is 3.78. The van der Waals surface area contributed by atoms with E-state index in [9.17, 15) is 8.78 Å². The van der Waals surface area contributed by atoms with Gasteiger partial charge in [-0.1, -0.05) is 0 Å². The number of aryl methyl sites for hydroxylation is 1. The van der Waals surface area contributed by atoms with Gasteiger partial charge in [-0.2, -0.15) is 0 Å². The van der Waals surface area contributed by atoms with E-state index in [0.29, 0.717) is 5.52 Å². The fourth-order valence-corrected chi connectivity index (χ4v) is 1.16. The molecular weight excluding hydrogens is 162 g/mol. The minimum Gasteiger partial charge on any atom is -0.334 e. The van der Waals surface area contributed by atoms with Crippen LogP contribution in [-0.2, 0) is 7.05 Å². The van der Waals surface area contributed by atoms with Crippen LogP contribution in [-0.4, -0.2) is 9.55 Å². The van der Waals surface area contributed by atoms with E-state index in [-0.39, 0.29) is 5.52 Å². The molecule has 62 valence electrons. The van der Waals surface area contributed by atoms with Crippen LogP contribution in [0.3, 0.4) is 0 Å². The summed E-state index contributed by atoms with van der Waals surface area (Å²) in [6.45, 7) is 0. The molecule has 0 aliphatic heterocycles. The van der Waals surface area contributed by atoms with E-state index in [1.165, 1.54) is 12.4 Å². The highest BCUT2D eigenvalue weighted by molar-refractivity contribution is 5.75. The van der Waals surface area contributed by atoms with E-state index >= 15 is 0 Å². The molecule has 0 N–H and O–H groups in total. The van der Waals surface area contributed by atoms with Gasteiger partial charge < -0.3 is 4.57 Å². The van der Waals surface area contributed by atoms with Crippen LogP contribution < -0.4 is 0 Å². The van der Waals surface area contributed by atoms with Gasteiger partial charge in [0.15, 0.2) is 5.82 Å². The van der Waals surface area contributed by atoms with Gasteiger partial charge in [0.25, 0.3) is 0 Å². The molecule has 0 spiro atoms. The van der Waals surface area contributed by atoms with Crippen molar-refractivity contribution in [1.29, 1.82) is 0 Å². The summed E-state index contributed by atoms with van der Waals surface area (Å²) < 4.78 is 27.2. The number of nitrogens with zero attached hydrogens (tertiary/aromatic N) is 2. The van der Waals surface area contributed by atoms with E-state index in [1.807, 2.05) is 0 Å². The molecule has 4 heteroatoms. The predicted octanol–water partition coefficient (Wildman–Crippen LogP) is 1.85. The van der Waals surface area contributed by atoms with Crippen LogP contribution in [0.25, 0.3) is 11.0 Å². The first-order chi connectivity index (χ1) is 5.68. The lowest BCUT2D eigenvalue weighted by Crippen LogP contribution is -1.86. The molecule has 1 heterocycles. The molecule has 0 bridgehead atoms. The van der Waals surface area contributed by atoms with Crippen molar-refractivity contribution in [3.8, 4) is 0 Å². The van der Waals surface area contributed by atoms with Gasteiger partial charge in [-0.3, -0.25) is 0 Å². The van der Waals surface area contributed by atoms with Gasteiger partial charge in [-0.05, 0) is 6.07 Å². The quantitative estimate of drug-likeness (QED) is 0.587. The molecule has 0 aliphatic rings. The number of hydrogen-bond acceptors (Lipinski definition) is 1. The van der Waals surface area contributed by atoms with Gasteiger partial charge in [-0.15, -0.1) is 0 Å². The highest BCUT2D eigenvalue weighted by Crippen LogP contribution is 2.16. The SMILES string of the molecule is Cn1cnc2c(F)cc(F)cc21. The second kappa shape index (κ2) is 2.27. The van der Waals surface area contributed by atoms with Crippen LogP contribution in [0.2, 0.25) is 0 Å². The highest BCUT2D eigenvalue weighted by Gasteiger charge is 2.07. The van der Waals surface area contributed by atoms with Crippen LogP contribution >= 0.6 is 0 Å². The molecule has 0 radical (unpaired) electrons. The summed E-state index contributed by atoms with van der Waals surface area (Å²) in [5.41, 5.74) is 0.673. The standard InChI is InChI=1S/C8H6F2N2/c1-12-4-11-8-6(10)2-5(9)3-7(8)12/h2-4H,1H3. The Bertz CT molecular complexity index is 434. The highest BCUT2D eigenvalue weighted by atomic mass is 19.1. The Morgan fingerprint density at radius 3 is 2.83 bits per heavy atom. The van der Waals surface area contributed by atoms with Crippen molar-refractivity contribution in [2.45, 2.75) is 0 Å². The number of imidazole rings is 1. The van der Waals surface area contributed by atoms with Gasteiger partial charge in [-0.25, -0.2) is 13.8 Å². The number of aromatic nitrogens is 2. The van der Waals surface area contributed by atoms with E-state index in [4.69, 9.17) is 0 Å². The summed E-state index contributed by atoms with van der Waals surface area (Å²) >= 11 is 0. The van der Waals surface area contributed by atoms with E-state index in [2.05, 4.69) is 4.98 Å². The average molecular weight is 168 g/mol. The molecule has 2 aromatic rings. The van der Waals surface area contributed by atoms with Gasteiger partial charge in [0, 0.05) is 13.1 Å². The van der Waals surface area contributed by atoms with Crippen LogP contribution in [0.1, 0.15) is 0 Å². The van der Waals surface area contributed by atoms with Crippen molar-refractivity contribution < 1.29 is 8.78 Å². The number of halogens is 2. The molecule has 1 aromatic heterocycles. The molecular formula is C8H6F2N2. The molecule has 0 atom stereocenters. The zero-order valence-electron chi connectivity index (χ0n) is 6.38. The smallest absolute Gasteiger partial charge is 0.153 e. The maximum atomic E-state index is 12.9. The first kappa shape index (κ1) is 7.21. The van der Waals surface area contributed by atoms with Crippen molar-refractivity contribution in [2.24, 2.45) is 7.05 Å². The van der Waals surface area contributed by atoms with E-state index in [1.54, 1.807) is 11.6 Å². The van der Waals surface area contributed by atoms with Crippen molar-refractivity contribution in [2.75, 3.05) is 0 Å². The maximum absolute atomic E-state index is 12.9. The number of rotatable bonds is 0. The Balaban J connectivity index is 2.92. The van der Waals surface area contributed by atoms with Gasteiger partial charge in [0.05, 0.1) is 11.8 Å².